The summed E-state index contributed by atoms with van der Waals surface area (Å²) in [7, 11) is 0. The van der Waals surface area contributed by atoms with Gasteiger partial charge < -0.3 is 11.5 Å². The first-order valence-corrected chi connectivity index (χ1v) is 7.14. The highest BCUT2D eigenvalue weighted by molar-refractivity contribution is 14.1. The molecule has 4 rings (SSSR count). The standard InChI is InChI=1S/C6H4N6.C5H4IN5/c7-1-3-4-5(8)9-2-10-6(4)12-11-3;6-3-2-4(7)8-1-9-5(2)11-10-3/h2H,(H3,8,9,10,11,12);1H,(H3,7,8,9,10,11). The van der Waals surface area contributed by atoms with E-state index in [1.165, 1.54) is 12.7 Å². The molecule has 6 N–H and O–H groups in total. The van der Waals surface area contributed by atoms with Gasteiger partial charge in [0.15, 0.2) is 11.3 Å². The van der Waals surface area contributed by atoms with Crippen molar-refractivity contribution < 1.29 is 0 Å². The Hall–Kier alpha value is -3.08. The molecule has 0 aromatic carbocycles. The van der Waals surface area contributed by atoms with E-state index in [1.807, 2.05) is 6.07 Å². The molecule has 0 aliphatic rings. The second kappa shape index (κ2) is 5.96. The van der Waals surface area contributed by atoms with Crippen molar-refractivity contribution in [3.05, 3.63) is 22.0 Å². The van der Waals surface area contributed by atoms with Crippen molar-refractivity contribution >= 4 is 56.3 Å². The van der Waals surface area contributed by atoms with Crippen LogP contribution in [-0.4, -0.2) is 40.3 Å². The maximum atomic E-state index is 8.62. The number of hydrogen-bond donors (Lipinski definition) is 4. The van der Waals surface area contributed by atoms with E-state index in [4.69, 9.17) is 16.7 Å². The number of aromatic amines is 2. The Morgan fingerprint density at radius 2 is 1.48 bits per heavy atom. The summed E-state index contributed by atoms with van der Waals surface area (Å²) in [6.07, 6.45) is 2.70. The number of nitrogens with one attached hydrogen (secondary N) is 2. The molecule has 4 heterocycles. The van der Waals surface area contributed by atoms with Gasteiger partial charge in [-0.25, -0.2) is 19.9 Å². The van der Waals surface area contributed by atoms with Gasteiger partial charge in [-0.3, -0.25) is 10.2 Å². The second-order valence-corrected chi connectivity index (χ2v) is 5.24. The van der Waals surface area contributed by atoms with Crippen molar-refractivity contribution in [3.63, 3.8) is 0 Å². The van der Waals surface area contributed by atoms with Gasteiger partial charge in [-0.15, -0.1) is 0 Å². The Morgan fingerprint density at radius 3 is 2.09 bits per heavy atom. The number of rotatable bonds is 0. The zero-order valence-electron chi connectivity index (χ0n) is 11.3. The highest BCUT2D eigenvalue weighted by Crippen LogP contribution is 2.19. The Morgan fingerprint density at radius 1 is 0.913 bits per heavy atom. The lowest BCUT2D eigenvalue weighted by atomic mass is 10.3. The molecule has 23 heavy (non-hydrogen) atoms. The number of nitriles is 1. The van der Waals surface area contributed by atoms with Gasteiger partial charge in [0.2, 0.25) is 0 Å². The average Bonchev–Trinajstić information content (AvgIpc) is 3.13. The number of hydrogen-bond acceptors (Lipinski definition) is 9. The number of aromatic nitrogens is 8. The minimum atomic E-state index is 0.269. The SMILES string of the molecule is N#Cc1[nH]nc2ncnc(N)c12.Nc1ncnc2n[nH]c(I)c12. The Bertz CT molecular complexity index is 1030. The molecule has 11 nitrogen and oxygen atoms in total. The molecule has 0 spiro atoms. The number of halogens is 1. The normalized spacial score (nSPS) is 10.3. The first-order chi connectivity index (χ1) is 11.1. The van der Waals surface area contributed by atoms with E-state index in [1.54, 1.807) is 0 Å². The molecule has 0 aliphatic heterocycles. The summed E-state index contributed by atoms with van der Waals surface area (Å²) in [4.78, 5) is 15.3. The number of nitrogen functional groups attached to an aromatic ring is 2. The van der Waals surface area contributed by atoms with Crippen LogP contribution in [0.3, 0.4) is 0 Å². The van der Waals surface area contributed by atoms with Crippen molar-refractivity contribution in [3.8, 4) is 6.07 Å². The van der Waals surface area contributed by atoms with E-state index in [9.17, 15) is 0 Å². The Labute approximate surface area is 141 Å². The molecule has 12 heteroatoms. The van der Waals surface area contributed by atoms with E-state index < -0.39 is 0 Å². The number of nitrogens with zero attached hydrogens (tertiary/aromatic N) is 7. The van der Waals surface area contributed by atoms with E-state index in [-0.39, 0.29) is 5.82 Å². The van der Waals surface area contributed by atoms with Crippen LogP contribution < -0.4 is 11.5 Å². The summed E-state index contributed by atoms with van der Waals surface area (Å²) in [6.45, 7) is 0. The predicted molar refractivity (Wildman–Crippen MR) is 89.6 cm³/mol. The fourth-order valence-corrected chi connectivity index (χ4v) is 2.44. The summed E-state index contributed by atoms with van der Waals surface area (Å²) in [5.74, 6) is 0.735. The van der Waals surface area contributed by atoms with Crippen molar-refractivity contribution in [1.29, 1.82) is 5.26 Å². The van der Waals surface area contributed by atoms with Gasteiger partial charge in [0.05, 0.1) is 10.8 Å². The molecule has 4 aromatic heterocycles. The largest absolute Gasteiger partial charge is 0.383 e. The number of fused-ring (bicyclic) bond motifs is 2. The van der Waals surface area contributed by atoms with E-state index >= 15 is 0 Å². The van der Waals surface area contributed by atoms with Gasteiger partial charge in [0, 0.05) is 0 Å². The molecule has 114 valence electrons. The van der Waals surface area contributed by atoms with Crippen LogP contribution in [0.25, 0.3) is 22.1 Å². The third-order valence-electron chi connectivity index (χ3n) is 2.83. The summed E-state index contributed by atoms with van der Waals surface area (Å²) in [5, 5.41) is 22.9. The van der Waals surface area contributed by atoms with Crippen molar-refractivity contribution in [2.24, 2.45) is 0 Å². The molecule has 0 unspecified atom stereocenters. The summed E-state index contributed by atoms with van der Waals surface area (Å²) >= 11 is 2.10. The lowest BCUT2D eigenvalue weighted by molar-refractivity contribution is 1.07. The molecule has 0 amide bonds. The molecule has 0 saturated heterocycles. The molecule has 4 aromatic rings. The summed E-state index contributed by atoms with van der Waals surface area (Å²) < 4.78 is 0.871. The number of H-pyrrole nitrogens is 2. The third kappa shape index (κ3) is 2.68. The van der Waals surface area contributed by atoms with Crippen LogP contribution in [0, 0.1) is 15.0 Å². The van der Waals surface area contributed by atoms with Crippen LogP contribution in [0.4, 0.5) is 11.6 Å². The van der Waals surface area contributed by atoms with Crippen LogP contribution in [0.1, 0.15) is 5.69 Å². The maximum Gasteiger partial charge on any atom is 0.187 e. The van der Waals surface area contributed by atoms with E-state index in [2.05, 4.69) is 62.9 Å². The van der Waals surface area contributed by atoms with Crippen LogP contribution in [0.15, 0.2) is 12.7 Å². The first kappa shape index (κ1) is 14.8. The quantitative estimate of drug-likeness (QED) is 0.291. The predicted octanol–water partition coefficient (Wildman–Crippen LogP) is 0.346. The summed E-state index contributed by atoms with van der Waals surface area (Å²) in [6, 6.07) is 1.91. The fourth-order valence-electron chi connectivity index (χ4n) is 1.80. The molecule has 0 radical (unpaired) electrons. The number of nitrogens with two attached hydrogens (primary N) is 2. The minimum Gasteiger partial charge on any atom is -0.383 e. The smallest absolute Gasteiger partial charge is 0.187 e. The van der Waals surface area contributed by atoms with Crippen molar-refractivity contribution in [1.82, 2.24) is 40.3 Å². The van der Waals surface area contributed by atoms with Crippen LogP contribution in [0.5, 0.6) is 0 Å². The zero-order chi connectivity index (χ0) is 16.4. The van der Waals surface area contributed by atoms with Crippen LogP contribution in [0.2, 0.25) is 0 Å². The van der Waals surface area contributed by atoms with Crippen molar-refractivity contribution in [2.75, 3.05) is 11.5 Å². The molecule has 0 fully saturated rings. The Kier molecular flexibility index (Phi) is 3.85. The highest BCUT2D eigenvalue weighted by Gasteiger charge is 2.08. The lowest BCUT2D eigenvalue weighted by Gasteiger charge is -1.90. The third-order valence-corrected chi connectivity index (χ3v) is 3.61. The molecular formula is C11H8IN11. The Balaban J connectivity index is 0.000000136. The maximum absolute atomic E-state index is 8.62. The van der Waals surface area contributed by atoms with Crippen molar-refractivity contribution in [2.45, 2.75) is 0 Å². The van der Waals surface area contributed by atoms with Crippen LogP contribution in [-0.2, 0) is 0 Å². The average molecular weight is 421 g/mol. The molecule has 0 saturated carbocycles. The van der Waals surface area contributed by atoms with Gasteiger partial charge in [-0.1, -0.05) is 0 Å². The molecular weight excluding hydrogens is 413 g/mol. The topological polar surface area (TPSA) is 185 Å². The van der Waals surface area contributed by atoms with Gasteiger partial charge in [-0.2, -0.15) is 15.5 Å². The second-order valence-electron chi connectivity index (χ2n) is 4.16. The fraction of sp³-hybridized carbons (Fsp3) is 0. The molecule has 0 bridgehead atoms. The van der Waals surface area contributed by atoms with Gasteiger partial charge in [0.1, 0.15) is 39.8 Å². The monoisotopic (exact) mass is 421 g/mol. The minimum absolute atomic E-state index is 0.269. The highest BCUT2D eigenvalue weighted by atomic mass is 127. The van der Waals surface area contributed by atoms with Crippen LogP contribution >= 0.6 is 22.6 Å². The molecule has 0 aliphatic carbocycles. The van der Waals surface area contributed by atoms with Gasteiger partial charge >= 0.3 is 0 Å². The zero-order valence-corrected chi connectivity index (χ0v) is 13.5. The van der Waals surface area contributed by atoms with Gasteiger partial charge in [-0.05, 0) is 22.6 Å². The van der Waals surface area contributed by atoms with E-state index in [0.717, 1.165) is 9.09 Å². The first-order valence-electron chi connectivity index (χ1n) is 6.06. The van der Waals surface area contributed by atoms with Gasteiger partial charge in [0.25, 0.3) is 0 Å². The van der Waals surface area contributed by atoms with E-state index in [0.29, 0.717) is 28.2 Å². The number of anilines is 2. The molecule has 0 atom stereocenters. The summed E-state index contributed by atoms with van der Waals surface area (Å²) in [5.41, 5.74) is 12.4. The lowest BCUT2D eigenvalue weighted by Crippen LogP contribution is -1.92.